The molecule has 1 saturated heterocycles. The van der Waals surface area contributed by atoms with Gasteiger partial charge in [-0.15, -0.1) is 0 Å². The molecule has 3 rings (SSSR count). The van der Waals surface area contributed by atoms with Crippen LogP contribution in [0.25, 0.3) is 0 Å². The first-order valence-corrected chi connectivity index (χ1v) is 7.59. The van der Waals surface area contributed by atoms with Gasteiger partial charge in [0.25, 0.3) is 5.91 Å². The van der Waals surface area contributed by atoms with E-state index in [4.69, 9.17) is 5.73 Å². The molecule has 0 atom stereocenters. The summed E-state index contributed by atoms with van der Waals surface area (Å²) in [6.07, 6.45) is 2.92. The van der Waals surface area contributed by atoms with E-state index in [0.29, 0.717) is 0 Å². The number of hydrogen-bond donors (Lipinski definition) is 3. The number of nitrogens with two attached hydrogens (primary N) is 1. The van der Waals surface area contributed by atoms with Gasteiger partial charge in [0.15, 0.2) is 11.5 Å². The molecule has 1 fully saturated rings. The Bertz CT molecular complexity index is 711. The first-order valence-electron chi connectivity index (χ1n) is 7.59. The topological polar surface area (TPSA) is 96.2 Å². The van der Waals surface area contributed by atoms with Crippen LogP contribution in [0.4, 0.5) is 17.2 Å². The molecule has 4 N–H and O–H groups in total. The van der Waals surface area contributed by atoms with E-state index in [9.17, 15) is 4.79 Å². The van der Waals surface area contributed by atoms with Crippen LogP contribution in [-0.4, -0.2) is 42.1 Å². The number of piperazine rings is 1. The molecule has 1 aromatic carbocycles. The molecule has 0 aliphatic carbocycles. The number of hydrogen-bond acceptors (Lipinski definition) is 6. The summed E-state index contributed by atoms with van der Waals surface area (Å²) >= 11 is 0. The van der Waals surface area contributed by atoms with Gasteiger partial charge in [0.05, 0.1) is 11.4 Å². The first kappa shape index (κ1) is 15.2. The number of benzene rings is 1. The Kier molecular flexibility index (Phi) is 4.38. The summed E-state index contributed by atoms with van der Waals surface area (Å²) in [6.45, 7) is 5.66. The normalized spacial score (nSPS) is 14.6. The largest absolute Gasteiger partial charge is 0.382 e. The minimum Gasteiger partial charge on any atom is -0.382 e. The van der Waals surface area contributed by atoms with Crippen molar-refractivity contribution < 1.29 is 4.79 Å². The molecular formula is C16H20N6O. The van der Waals surface area contributed by atoms with Gasteiger partial charge in [0, 0.05) is 38.6 Å². The first-order chi connectivity index (χ1) is 11.1. The van der Waals surface area contributed by atoms with Crippen LogP contribution in [0.2, 0.25) is 0 Å². The summed E-state index contributed by atoms with van der Waals surface area (Å²) in [7, 11) is 0. The number of aromatic nitrogens is 2. The van der Waals surface area contributed by atoms with Crippen molar-refractivity contribution in [3.8, 4) is 0 Å². The molecular weight excluding hydrogens is 292 g/mol. The third kappa shape index (κ3) is 3.40. The maximum absolute atomic E-state index is 12.5. The van der Waals surface area contributed by atoms with Crippen LogP contribution >= 0.6 is 0 Å². The number of carbonyl (C=O) groups excluding carboxylic acids is 1. The summed E-state index contributed by atoms with van der Waals surface area (Å²) in [5.41, 5.74) is 8.72. The fourth-order valence-electron chi connectivity index (χ4n) is 2.64. The molecule has 2 aromatic rings. The van der Waals surface area contributed by atoms with E-state index in [1.807, 2.05) is 25.1 Å². The van der Waals surface area contributed by atoms with Gasteiger partial charge in [-0.3, -0.25) is 4.79 Å². The molecule has 7 heteroatoms. The lowest BCUT2D eigenvalue weighted by Crippen LogP contribution is -2.43. The SMILES string of the molecule is Cc1ccc(N2CCNCC2)c(NC(=O)c2nccnc2N)c1. The van der Waals surface area contributed by atoms with E-state index in [2.05, 4.69) is 25.5 Å². The van der Waals surface area contributed by atoms with Crippen molar-refractivity contribution in [3.05, 3.63) is 41.9 Å². The zero-order chi connectivity index (χ0) is 16.2. The average Bonchev–Trinajstić information content (AvgIpc) is 2.56. The number of carbonyl (C=O) groups is 1. The highest BCUT2D eigenvalue weighted by atomic mass is 16.1. The number of nitrogens with one attached hydrogen (secondary N) is 2. The van der Waals surface area contributed by atoms with Crippen LogP contribution < -0.4 is 21.3 Å². The zero-order valence-corrected chi connectivity index (χ0v) is 13.0. The second-order valence-corrected chi connectivity index (χ2v) is 5.50. The van der Waals surface area contributed by atoms with Gasteiger partial charge in [-0.1, -0.05) is 6.07 Å². The number of nitrogen functional groups attached to an aromatic ring is 1. The molecule has 2 heterocycles. The predicted molar refractivity (Wildman–Crippen MR) is 90.7 cm³/mol. The Hall–Kier alpha value is -2.67. The summed E-state index contributed by atoms with van der Waals surface area (Å²) in [5.74, 6) is -0.223. The van der Waals surface area contributed by atoms with Gasteiger partial charge < -0.3 is 21.3 Å². The lowest BCUT2D eigenvalue weighted by atomic mass is 10.1. The highest BCUT2D eigenvalue weighted by molar-refractivity contribution is 6.07. The van der Waals surface area contributed by atoms with E-state index >= 15 is 0 Å². The van der Waals surface area contributed by atoms with Crippen LogP contribution in [0.5, 0.6) is 0 Å². The molecule has 0 spiro atoms. The third-order valence-corrected chi connectivity index (χ3v) is 3.80. The molecule has 120 valence electrons. The molecule has 1 aliphatic rings. The maximum Gasteiger partial charge on any atom is 0.278 e. The number of nitrogens with zero attached hydrogens (tertiary/aromatic N) is 3. The number of rotatable bonds is 3. The van der Waals surface area contributed by atoms with Gasteiger partial charge >= 0.3 is 0 Å². The Balaban J connectivity index is 1.88. The van der Waals surface area contributed by atoms with Crippen molar-refractivity contribution in [2.75, 3.05) is 42.1 Å². The standard InChI is InChI=1S/C16H20N6O/c1-11-2-3-13(22-8-6-18-7-9-22)12(10-11)21-16(23)14-15(17)20-5-4-19-14/h2-5,10,18H,6-9H2,1H3,(H2,17,20)(H,21,23). The fraction of sp³-hybridized carbons (Fsp3) is 0.312. The quantitative estimate of drug-likeness (QED) is 0.783. The van der Waals surface area contributed by atoms with Crippen molar-refractivity contribution in [3.63, 3.8) is 0 Å². The number of amides is 1. The van der Waals surface area contributed by atoms with Gasteiger partial charge in [-0.05, 0) is 24.6 Å². The predicted octanol–water partition coefficient (Wildman–Crippen LogP) is 1.03. The number of aryl methyl sites for hydroxylation is 1. The summed E-state index contributed by atoms with van der Waals surface area (Å²) in [5, 5.41) is 6.25. The molecule has 0 saturated carbocycles. The van der Waals surface area contributed by atoms with Crippen LogP contribution in [0, 0.1) is 6.92 Å². The monoisotopic (exact) mass is 312 g/mol. The van der Waals surface area contributed by atoms with Crippen LogP contribution in [0.3, 0.4) is 0 Å². The molecule has 0 unspecified atom stereocenters. The molecule has 7 nitrogen and oxygen atoms in total. The van der Waals surface area contributed by atoms with Gasteiger partial charge in [0.2, 0.25) is 0 Å². The second kappa shape index (κ2) is 6.62. The van der Waals surface area contributed by atoms with Crippen molar-refractivity contribution in [1.82, 2.24) is 15.3 Å². The summed E-state index contributed by atoms with van der Waals surface area (Å²) < 4.78 is 0. The third-order valence-electron chi connectivity index (χ3n) is 3.80. The minimum absolute atomic E-state index is 0.126. The molecule has 1 aliphatic heterocycles. The van der Waals surface area contributed by atoms with E-state index < -0.39 is 0 Å². The highest BCUT2D eigenvalue weighted by Gasteiger charge is 2.18. The van der Waals surface area contributed by atoms with Gasteiger partial charge in [0.1, 0.15) is 0 Å². The molecule has 1 amide bonds. The van der Waals surface area contributed by atoms with Crippen LogP contribution in [0.1, 0.15) is 16.1 Å². The lowest BCUT2D eigenvalue weighted by Gasteiger charge is -2.31. The van der Waals surface area contributed by atoms with Gasteiger partial charge in [-0.2, -0.15) is 0 Å². The van der Waals surface area contributed by atoms with E-state index in [0.717, 1.165) is 43.1 Å². The second-order valence-electron chi connectivity index (χ2n) is 5.50. The molecule has 0 bridgehead atoms. The average molecular weight is 312 g/mol. The zero-order valence-electron chi connectivity index (χ0n) is 13.0. The van der Waals surface area contributed by atoms with Gasteiger partial charge in [-0.25, -0.2) is 9.97 Å². The van der Waals surface area contributed by atoms with Crippen molar-refractivity contribution >= 4 is 23.1 Å². The van der Waals surface area contributed by atoms with E-state index in [1.165, 1.54) is 12.4 Å². The highest BCUT2D eigenvalue weighted by Crippen LogP contribution is 2.28. The van der Waals surface area contributed by atoms with Crippen LogP contribution in [0.15, 0.2) is 30.6 Å². The molecule has 23 heavy (non-hydrogen) atoms. The Morgan fingerprint density at radius 3 is 2.74 bits per heavy atom. The van der Waals surface area contributed by atoms with Crippen molar-refractivity contribution in [2.24, 2.45) is 0 Å². The van der Waals surface area contributed by atoms with E-state index in [-0.39, 0.29) is 17.4 Å². The molecule has 1 aromatic heterocycles. The summed E-state index contributed by atoms with van der Waals surface area (Å²) in [6, 6.07) is 6.04. The maximum atomic E-state index is 12.5. The smallest absolute Gasteiger partial charge is 0.278 e. The Morgan fingerprint density at radius 1 is 1.26 bits per heavy atom. The fourth-order valence-corrected chi connectivity index (χ4v) is 2.64. The van der Waals surface area contributed by atoms with E-state index in [1.54, 1.807) is 0 Å². The van der Waals surface area contributed by atoms with Crippen LogP contribution in [-0.2, 0) is 0 Å². The molecule has 0 radical (unpaired) electrons. The number of anilines is 3. The minimum atomic E-state index is -0.349. The Morgan fingerprint density at radius 2 is 2.00 bits per heavy atom. The van der Waals surface area contributed by atoms with Crippen molar-refractivity contribution in [1.29, 1.82) is 0 Å². The van der Waals surface area contributed by atoms with Crippen molar-refractivity contribution in [2.45, 2.75) is 6.92 Å². The Labute approximate surface area is 134 Å². The summed E-state index contributed by atoms with van der Waals surface area (Å²) in [4.78, 5) is 22.6. The lowest BCUT2D eigenvalue weighted by molar-refractivity contribution is 0.102.